The molecule has 0 bridgehead atoms. The molecule has 0 radical (unpaired) electrons. The van der Waals surface area contributed by atoms with Crippen LogP contribution < -0.4 is 0 Å². The van der Waals surface area contributed by atoms with Crippen molar-refractivity contribution >= 4 is 11.6 Å². The van der Waals surface area contributed by atoms with Gasteiger partial charge in [-0.05, 0) is 22.9 Å². The second-order valence-corrected chi connectivity index (χ2v) is 3.50. The maximum atomic E-state index is 5.74. The Bertz CT molecular complexity index is 388. The summed E-state index contributed by atoms with van der Waals surface area (Å²) >= 11 is 5.74. The highest BCUT2D eigenvalue weighted by Crippen LogP contribution is 2.31. The molecule has 1 aromatic rings. The molecule has 5 heteroatoms. The smallest absolute Gasteiger partial charge is 0.130 e. The molecule has 0 unspecified atom stereocenters. The molecule has 14 heavy (non-hydrogen) atoms. The molecule has 1 aliphatic rings. The molecule has 0 atom stereocenters. The maximum absolute atomic E-state index is 5.74. The molecule has 0 aliphatic carbocycles. The molecule has 0 N–H and O–H groups in total. The van der Waals surface area contributed by atoms with Gasteiger partial charge < -0.3 is 0 Å². The Morgan fingerprint density at radius 2 is 2.00 bits per heavy atom. The second-order valence-electron chi connectivity index (χ2n) is 3.23. The van der Waals surface area contributed by atoms with Gasteiger partial charge >= 0.3 is 0 Å². The van der Waals surface area contributed by atoms with E-state index in [2.05, 4.69) is 20.7 Å². The normalized spacial score (nSPS) is 17.6. The molecule has 0 aromatic heterocycles. The lowest BCUT2D eigenvalue weighted by molar-refractivity contribution is 0.518. The van der Waals surface area contributed by atoms with Gasteiger partial charge in [0.05, 0.1) is 0 Å². The quantitative estimate of drug-likeness (QED) is 0.669. The van der Waals surface area contributed by atoms with E-state index in [-0.39, 0.29) is 0 Å². The van der Waals surface area contributed by atoms with Crippen LogP contribution in [0.15, 0.2) is 44.9 Å². The van der Waals surface area contributed by atoms with Crippen molar-refractivity contribution in [2.75, 3.05) is 0 Å². The molecular weight excluding hydrogens is 200 g/mol. The van der Waals surface area contributed by atoms with Crippen molar-refractivity contribution in [1.82, 2.24) is 0 Å². The summed E-state index contributed by atoms with van der Waals surface area (Å²) in [6.07, 6.45) is 0. The van der Waals surface area contributed by atoms with Gasteiger partial charge in [0, 0.05) is 11.4 Å². The van der Waals surface area contributed by atoms with Crippen LogP contribution >= 0.6 is 11.6 Å². The fourth-order valence-electron chi connectivity index (χ4n) is 1.30. The minimum Gasteiger partial charge on any atom is -0.130 e. The van der Waals surface area contributed by atoms with Crippen LogP contribution in [-0.2, 0) is 11.5 Å². The van der Waals surface area contributed by atoms with E-state index >= 15 is 0 Å². The van der Waals surface area contributed by atoms with Crippen molar-refractivity contribution in [3.63, 3.8) is 0 Å². The van der Waals surface area contributed by atoms with Crippen molar-refractivity contribution in [2.24, 2.45) is 20.7 Å². The van der Waals surface area contributed by atoms with Crippen LogP contribution in [0.4, 0.5) is 0 Å². The summed E-state index contributed by atoms with van der Waals surface area (Å²) in [5.74, 6) is 0.484. The fourth-order valence-corrected chi connectivity index (χ4v) is 1.46. The van der Waals surface area contributed by atoms with Crippen LogP contribution in [0.25, 0.3) is 0 Å². The maximum Gasteiger partial charge on any atom is 0.217 e. The lowest BCUT2D eigenvalue weighted by atomic mass is 10.0. The predicted molar refractivity (Wildman–Crippen MR) is 53.1 cm³/mol. The summed E-state index contributed by atoms with van der Waals surface area (Å²) in [5, 5.41) is 15.0. The molecule has 0 amide bonds. The zero-order valence-corrected chi connectivity index (χ0v) is 8.44. The number of nitrogens with zero attached hydrogens (tertiary/aromatic N) is 4. The highest BCUT2D eigenvalue weighted by atomic mass is 35.5. The Hall–Kier alpha value is -1.29. The van der Waals surface area contributed by atoms with Gasteiger partial charge in [0.1, 0.15) is 0 Å². The molecule has 0 saturated carbocycles. The highest BCUT2D eigenvalue weighted by molar-refractivity contribution is 6.17. The summed E-state index contributed by atoms with van der Waals surface area (Å²) in [6.45, 7) is 1.86. The first-order chi connectivity index (χ1) is 6.74. The van der Waals surface area contributed by atoms with Crippen LogP contribution in [0.5, 0.6) is 0 Å². The van der Waals surface area contributed by atoms with Crippen LogP contribution in [0.2, 0.25) is 0 Å². The molecule has 0 saturated heterocycles. The molecule has 2 rings (SSSR count). The van der Waals surface area contributed by atoms with Gasteiger partial charge in [-0.15, -0.1) is 21.8 Å². The monoisotopic (exact) mass is 208 g/mol. The topological polar surface area (TPSA) is 49.4 Å². The summed E-state index contributed by atoms with van der Waals surface area (Å²) in [6, 6.07) is 7.81. The SMILES string of the molecule is CC1(c2cccc(CCl)c2)N=NN=N1. The number of hydrogen-bond donors (Lipinski definition) is 0. The van der Waals surface area contributed by atoms with Crippen LogP contribution in [0.1, 0.15) is 18.1 Å². The first-order valence-corrected chi connectivity index (χ1v) is 4.77. The third-order valence-electron chi connectivity index (χ3n) is 2.15. The molecule has 1 heterocycles. The van der Waals surface area contributed by atoms with E-state index in [1.165, 1.54) is 0 Å². The molecule has 0 fully saturated rings. The Morgan fingerprint density at radius 3 is 2.64 bits per heavy atom. The average Bonchev–Trinajstić information content (AvgIpc) is 2.67. The fraction of sp³-hybridized carbons (Fsp3) is 0.333. The Balaban J connectivity index is 2.41. The van der Waals surface area contributed by atoms with E-state index in [1.807, 2.05) is 31.2 Å². The number of halogens is 1. The van der Waals surface area contributed by atoms with Crippen molar-refractivity contribution < 1.29 is 0 Å². The Kier molecular flexibility index (Phi) is 2.29. The molecule has 0 spiro atoms. The van der Waals surface area contributed by atoms with E-state index < -0.39 is 5.66 Å². The zero-order chi connectivity index (χ0) is 10.0. The lowest BCUT2D eigenvalue weighted by Crippen LogP contribution is -2.12. The van der Waals surface area contributed by atoms with E-state index in [9.17, 15) is 0 Å². The second kappa shape index (κ2) is 3.46. The standard InChI is InChI=1S/C9H9ClN4/c1-9(11-13-14-12-9)8-4-2-3-7(5-8)6-10/h2-5H,6H2,1H3. The van der Waals surface area contributed by atoms with E-state index in [4.69, 9.17) is 11.6 Å². The van der Waals surface area contributed by atoms with Crippen molar-refractivity contribution in [1.29, 1.82) is 0 Å². The highest BCUT2D eigenvalue weighted by Gasteiger charge is 2.29. The number of benzene rings is 1. The van der Waals surface area contributed by atoms with Crippen molar-refractivity contribution in [3.8, 4) is 0 Å². The van der Waals surface area contributed by atoms with Crippen molar-refractivity contribution in [2.45, 2.75) is 18.5 Å². The summed E-state index contributed by atoms with van der Waals surface area (Å²) < 4.78 is 0. The van der Waals surface area contributed by atoms with Crippen LogP contribution in [0.3, 0.4) is 0 Å². The third kappa shape index (κ3) is 1.53. The molecule has 1 aliphatic heterocycles. The third-order valence-corrected chi connectivity index (χ3v) is 2.46. The minimum absolute atomic E-state index is 0.484. The summed E-state index contributed by atoms with van der Waals surface area (Å²) in [5.41, 5.74) is 1.34. The summed E-state index contributed by atoms with van der Waals surface area (Å²) in [7, 11) is 0. The van der Waals surface area contributed by atoms with Gasteiger partial charge in [-0.3, -0.25) is 0 Å². The summed E-state index contributed by atoms with van der Waals surface area (Å²) in [4.78, 5) is 0. The van der Waals surface area contributed by atoms with Gasteiger partial charge in [0.25, 0.3) is 0 Å². The average molecular weight is 209 g/mol. The van der Waals surface area contributed by atoms with Gasteiger partial charge in [-0.2, -0.15) is 0 Å². The number of rotatable bonds is 2. The Morgan fingerprint density at radius 1 is 1.29 bits per heavy atom. The van der Waals surface area contributed by atoms with Gasteiger partial charge in [0.15, 0.2) is 0 Å². The molecule has 4 nitrogen and oxygen atoms in total. The van der Waals surface area contributed by atoms with E-state index in [0.717, 1.165) is 11.1 Å². The van der Waals surface area contributed by atoms with Crippen LogP contribution in [-0.4, -0.2) is 0 Å². The Labute approximate surface area is 86.7 Å². The van der Waals surface area contributed by atoms with Gasteiger partial charge in [0.2, 0.25) is 5.66 Å². The number of hydrogen-bond acceptors (Lipinski definition) is 4. The lowest BCUT2D eigenvalue weighted by Gasteiger charge is -2.14. The predicted octanol–water partition coefficient (Wildman–Crippen LogP) is 3.43. The van der Waals surface area contributed by atoms with E-state index in [1.54, 1.807) is 0 Å². The first-order valence-electron chi connectivity index (χ1n) is 4.24. The number of alkyl halides is 1. The minimum atomic E-state index is -0.665. The molecule has 72 valence electrons. The molecular formula is C9H9ClN4. The van der Waals surface area contributed by atoms with Gasteiger partial charge in [-0.25, -0.2) is 0 Å². The first kappa shape index (κ1) is 9.27. The largest absolute Gasteiger partial charge is 0.217 e. The van der Waals surface area contributed by atoms with Gasteiger partial charge in [-0.1, -0.05) is 24.3 Å². The molecule has 1 aromatic carbocycles. The van der Waals surface area contributed by atoms with Crippen LogP contribution in [0, 0.1) is 0 Å². The zero-order valence-electron chi connectivity index (χ0n) is 7.68. The van der Waals surface area contributed by atoms with E-state index in [0.29, 0.717) is 5.88 Å². The van der Waals surface area contributed by atoms with Crippen molar-refractivity contribution in [3.05, 3.63) is 35.4 Å².